The van der Waals surface area contributed by atoms with Crippen molar-refractivity contribution in [3.8, 4) is 0 Å². The Hall–Kier alpha value is 0.0569. The smallest absolute Gasteiger partial charge is 0.287 e. The molecule has 4 nitrogen and oxygen atoms in total. The standard InChI is InChI=1S/C24H56N4Si/c1-9-17-25(18-10-2)29(26(19-11-3)20-12-4,27(21-13-5)22-14-6)28(23-15-7)24-16-8/h9-24H2,1-8H3. The maximum absolute atomic E-state index is 3.00. The molecule has 0 bridgehead atoms. The van der Waals surface area contributed by atoms with Gasteiger partial charge in [0.15, 0.2) is 0 Å². The van der Waals surface area contributed by atoms with Crippen LogP contribution in [-0.2, 0) is 0 Å². The summed E-state index contributed by atoms with van der Waals surface area (Å²) in [5.41, 5.74) is 0. The Balaban J connectivity index is 6.80. The van der Waals surface area contributed by atoms with Crippen LogP contribution in [-0.4, -0.2) is 79.3 Å². The second-order valence-corrected chi connectivity index (χ2v) is 12.3. The summed E-state index contributed by atoms with van der Waals surface area (Å²) in [7, 11) is -2.15. The lowest BCUT2D eigenvalue weighted by Crippen LogP contribution is -2.83. The van der Waals surface area contributed by atoms with Crippen molar-refractivity contribution < 1.29 is 0 Å². The summed E-state index contributed by atoms with van der Waals surface area (Å²) in [6.07, 6.45) is 9.99. The number of hydrogen-bond acceptors (Lipinski definition) is 4. The van der Waals surface area contributed by atoms with Crippen LogP contribution in [0.4, 0.5) is 0 Å². The first-order valence-corrected chi connectivity index (χ1v) is 14.9. The molecular weight excluding hydrogens is 372 g/mol. The summed E-state index contributed by atoms with van der Waals surface area (Å²) >= 11 is 0. The van der Waals surface area contributed by atoms with Crippen molar-refractivity contribution >= 4 is 8.72 Å². The zero-order chi connectivity index (χ0) is 22.1. The van der Waals surface area contributed by atoms with Crippen molar-refractivity contribution in [2.75, 3.05) is 52.4 Å². The lowest BCUT2D eigenvalue weighted by Gasteiger charge is -2.58. The molecular formula is C24H56N4Si. The zero-order valence-corrected chi connectivity index (χ0v) is 22.6. The molecule has 0 aromatic heterocycles. The molecule has 0 aliphatic carbocycles. The molecule has 29 heavy (non-hydrogen) atoms. The van der Waals surface area contributed by atoms with Gasteiger partial charge in [-0.1, -0.05) is 55.4 Å². The van der Waals surface area contributed by atoms with Gasteiger partial charge in [-0.3, -0.25) is 18.3 Å². The summed E-state index contributed by atoms with van der Waals surface area (Å²) < 4.78 is 12.0. The van der Waals surface area contributed by atoms with Gasteiger partial charge in [-0.15, -0.1) is 0 Å². The molecule has 0 unspecified atom stereocenters. The molecule has 176 valence electrons. The molecule has 0 amide bonds. The van der Waals surface area contributed by atoms with Crippen molar-refractivity contribution in [2.45, 2.75) is 107 Å². The van der Waals surface area contributed by atoms with E-state index in [4.69, 9.17) is 0 Å². The van der Waals surface area contributed by atoms with E-state index in [1.54, 1.807) is 0 Å². The summed E-state index contributed by atoms with van der Waals surface area (Å²) in [6, 6.07) is 0. The van der Waals surface area contributed by atoms with Crippen LogP contribution in [0.3, 0.4) is 0 Å². The van der Waals surface area contributed by atoms with Crippen LogP contribution < -0.4 is 0 Å². The van der Waals surface area contributed by atoms with Crippen molar-refractivity contribution in [3.63, 3.8) is 0 Å². The van der Waals surface area contributed by atoms with E-state index in [9.17, 15) is 0 Å². The van der Waals surface area contributed by atoms with Crippen LogP contribution in [0.15, 0.2) is 0 Å². The van der Waals surface area contributed by atoms with Gasteiger partial charge in [-0.25, -0.2) is 0 Å². The summed E-state index contributed by atoms with van der Waals surface area (Å²) in [6.45, 7) is 28.9. The quantitative estimate of drug-likeness (QED) is 0.223. The van der Waals surface area contributed by atoms with Gasteiger partial charge in [-0.2, -0.15) is 0 Å². The van der Waals surface area contributed by atoms with E-state index in [1.807, 2.05) is 0 Å². The number of rotatable bonds is 20. The first-order chi connectivity index (χ1) is 14.1. The second kappa shape index (κ2) is 17.7. The van der Waals surface area contributed by atoms with Gasteiger partial charge in [0.05, 0.1) is 0 Å². The van der Waals surface area contributed by atoms with E-state index in [-0.39, 0.29) is 0 Å². The van der Waals surface area contributed by atoms with Gasteiger partial charge in [0.2, 0.25) is 0 Å². The molecule has 0 saturated heterocycles. The van der Waals surface area contributed by atoms with E-state index < -0.39 is 8.72 Å². The summed E-state index contributed by atoms with van der Waals surface area (Å²) in [5, 5.41) is 0. The van der Waals surface area contributed by atoms with Crippen LogP contribution in [0.5, 0.6) is 0 Å². The third kappa shape index (κ3) is 8.25. The molecule has 0 saturated carbocycles. The largest absolute Gasteiger partial charge is 0.376 e. The highest BCUT2D eigenvalue weighted by Gasteiger charge is 2.54. The second-order valence-electron chi connectivity index (χ2n) is 8.55. The van der Waals surface area contributed by atoms with Gasteiger partial charge < -0.3 is 0 Å². The zero-order valence-electron chi connectivity index (χ0n) is 21.6. The average Bonchev–Trinajstić information content (AvgIpc) is 2.70. The predicted octanol–water partition coefficient (Wildman–Crippen LogP) is 5.91. The molecule has 0 aromatic rings. The van der Waals surface area contributed by atoms with Crippen molar-refractivity contribution in [2.24, 2.45) is 0 Å². The molecule has 0 heterocycles. The predicted molar refractivity (Wildman–Crippen MR) is 134 cm³/mol. The molecule has 0 N–H and O–H groups in total. The summed E-state index contributed by atoms with van der Waals surface area (Å²) in [5.74, 6) is 0. The minimum atomic E-state index is -2.15. The van der Waals surface area contributed by atoms with E-state index in [0.717, 1.165) is 0 Å². The molecule has 0 aromatic carbocycles. The van der Waals surface area contributed by atoms with Crippen LogP contribution in [0.2, 0.25) is 0 Å². The first kappa shape index (κ1) is 29.1. The molecule has 0 aliphatic rings. The SMILES string of the molecule is CCCN(CCC)[Si](N(CCC)CCC)(N(CCC)CCC)N(CCC)CCC. The molecule has 0 atom stereocenters. The maximum atomic E-state index is 3.00. The van der Waals surface area contributed by atoms with E-state index in [2.05, 4.69) is 73.7 Å². The molecule has 0 radical (unpaired) electrons. The fourth-order valence-corrected chi connectivity index (χ4v) is 11.6. The highest BCUT2D eigenvalue weighted by Crippen LogP contribution is 2.28. The lowest BCUT2D eigenvalue weighted by molar-refractivity contribution is 0.160. The van der Waals surface area contributed by atoms with E-state index in [0.29, 0.717) is 0 Å². The molecule has 0 rings (SSSR count). The average molecular weight is 429 g/mol. The summed E-state index contributed by atoms with van der Waals surface area (Å²) in [4.78, 5) is 0. The lowest BCUT2D eigenvalue weighted by atomic mass is 10.4. The minimum Gasteiger partial charge on any atom is -0.287 e. The Kier molecular flexibility index (Phi) is 17.7. The fraction of sp³-hybridized carbons (Fsp3) is 1.00. The number of hydrogen-bond donors (Lipinski definition) is 0. The normalized spacial score (nSPS) is 12.8. The Morgan fingerprint density at radius 1 is 0.310 bits per heavy atom. The van der Waals surface area contributed by atoms with Crippen LogP contribution in [0, 0.1) is 0 Å². The topological polar surface area (TPSA) is 13.0 Å². The van der Waals surface area contributed by atoms with Crippen molar-refractivity contribution in [1.82, 2.24) is 18.3 Å². The Morgan fingerprint density at radius 2 is 0.448 bits per heavy atom. The van der Waals surface area contributed by atoms with Crippen molar-refractivity contribution in [3.05, 3.63) is 0 Å². The van der Waals surface area contributed by atoms with E-state index in [1.165, 1.54) is 104 Å². The van der Waals surface area contributed by atoms with Gasteiger partial charge in [0.25, 0.3) is 0 Å². The van der Waals surface area contributed by atoms with E-state index >= 15 is 0 Å². The maximum Gasteiger partial charge on any atom is 0.376 e. The third-order valence-electron chi connectivity index (χ3n) is 5.65. The Bertz CT molecular complexity index is 273. The minimum absolute atomic E-state index is 1.23. The Labute approximate surface area is 186 Å². The van der Waals surface area contributed by atoms with Gasteiger partial charge >= 0.3 is 8.72 Å². The van der Waals surface area contributed by atoms with Gasteiger partial charge in [0, 0.05) is 0 Å². The van der Waals surface area contributed by atoms with Crippen molar-refractivity contribution in [1.29, 1.82) is 0 Å². The molecule has 0 aliphatic heterocycles. The fourth-order valence-electron chi connectivity index (χ4n) is 5.01. The monoisotopic (exact) mass is 428 g/mol. The first-order valence-electron chi connectivity index (χ1n) is 13.1. The van der Waals surface area contributed by atoms with Crippen LogP contribution >= 0.6 is 0 Å². The van der Waals surface area contributed by atoms with Crippen LogP contribution in [0.1, 0.15) is 107 Å². The third-order valence-corrected chi connectivity index (χ3v) is 10.8. The molecule has 0 fully saturated rings. The highest BCUT2D eigenvalue weighted by molar-refractivity contribution is 6.69. The van der Waals surface area contributed by atoms with Gasteiger partial charge in [-0.05, 0) is 104 Å². The Morgan fingerprint density at radius 3 is 0.552 bits per heavy atom. The van der Waals surface area contributed by atoms with Gasteiger partial charge in [0.1, 0.15) is 0 Å². The number of nitrogens with zero attached hydrogens (tertiary/aromatic N) is 4. The highest BCUT2D eigenvalue weighted by atomic mass is 28.4. The molecule has 5 heteroatoms. The van der Waals surface area contributed by atoms with Crippen LogP contribution in [0.25, 0.3) is 0 Å². The molecule has 0 spiro atoms.